The summed E-state index contributed by atoms with van der Waals surface area (Å²) in [6.07, 6.45) is 0. The predicted molar refractivity (Wildman–Crippen MR) is 100 cm³/mol. The highest BCUT2D eigenvalue weighted by Crippen LogP contribution is 2.31. The number of fused-ring (bicyclic) bond motifs is 1. The van der Waals surface area contributed by atoms with E-state index in [4.69, 9.17) is 14.6 Å². The van der Waals surface area contributed by atoms with Gasteiger partial charge in [0.2, 0.25) is 5.91 Å². The standard InChI is InChI=1S/C20H20N2O6/c1-21(10-14-6-8-15(9-7-14)27-13-20(25)26)18(23)11-22-16-4-2-3-5-17(16)28-12-19(22)24/h2-9H,10-13H2,1H3,(H,25,26). The van der Waals surface area contributed by atoms with Crippen LogP contribution in [0.4, 0.5) is 5.69 Å². The summed E-state index contributed by atoms with van der Waals surface area (Å²) in [6.45, 7) is -0.230. The average molecular weight is 384 g/mol. The third-order valence-electron chi connectivity index (χ3n) is 4.23. The van der Waals surface area contributed by atoms with Crippen molar-refractivity contribution in [3.8, 4) is 11.5 Å². The average Bonchev–Trinajstić information content (AvgIpc) is 2.69. The molecule has 8 heteroatoms. The van der Waals surface area contributed by atoms with E-state index in [1.807, 2.05) is 6.07 Å². The molecule has 28 heavy (non-hydrogen) atoms. The number of benzene rings is 2. The Hall–Kier alpha value is -3.55. The molecule has 0 radical (unpaired) electrons. The van der Waals surface area contributed by atoms with Crippen LogP contribution >= 0.6 is 0 Å². The van der Waals surface area contributed by atoms with Crippen LogP contribution in [0.15, 0.2) is 48.5 Å². The zero-order valence-electron chi connectivity index (χ0n) is 15.3. The first-order valence-electron chi connectivity index (χ1n) is 8.63. The Bertz CT molecular complexity index is 881. The molecule has 3 rings (SSSR count). The number of rotatable bonds is 7. The van der Waals surface area contributed by atoms with Crippen LogP contribution in [0.5, 0.6) is 11.5 Å². The topological polar surface area (TPSA) is 96.4 Å². The van der Waals surface area contributed by atoms with Crippen molar-refractivity contribution >= 4 is 23.5 Å². The zero-order valence-corrected chi connectivity index (χ0v) is 15.3. The molecule has 0 aromatic heterocycles. The lowest BCUT2D eigenvalue weighted by atomic mass is 10.2. The molecular weight excluding hydrogens is 364 g/mol. The van der Waals surface area contributed by atoms with Gasteiger partial charge < -0.3 is 19.5 Å². The Labute approximate surface area is 161 Å². The smallest absolute Gasteiger partial charge is 0.341 e. The number of hydrogen-bond donors (Lipinski definition) is 1. The Morgan fingerprint density at radius 1 is 1.18 bits per heavy atom. The van der Waals surface area contributed by atoms with Gasteiger partial charge in [0.25, 0.3) is 5.91 Å². The molecule has 0 bridgehead atoms. The number of carbonyl (C=O) groups excluding carboxylic acids is 2. The number of carboxylic acid groups (broad SMARTS) is 1. The van der Waals surface area contributed by atoms with E-state index in [9.17, 15) is 14.4 Å². The van der Waals surface area contributed by atoms with Crippen molar-refractivity contribution in [3.63, 3.8) is 0 Å². The van der Waals surface area contributed by atoms with E-state index >= 15 is 0 Å². The van der Waals surface area contributed by atoms with Crippen LogP contribution in [0.1, 0.15) is 5.56 Å². The molecule has 2 aromatic carbocycles. The minimum absolute atomic E-state index is 0.0739. The lowest BCUT2D eigenvalue weighted by molar-refractivity contribution is -0.139. The molecule has 0 spiro atoms. The Kier molecular flexibility index (Phi) is 5.78. The molecule has 0 aliphatic carbocycles. The molecule has 0 fully saturated rings. The first kappa shape index (κ1) is 19.2. The molecule has 1 N–H and O–H groups in total. The Morgan fingerprint density at radius 2 is 1.89 bits per heavy atom. The van der Waals surface area contributed by atoms with Gasteiger partial charge in [-0.25, -0.2) is 4.79 Å². The van der Waals surface area contributed by atoms with Crippen molar-refractivity contribution in [2.24, 2.45) is 0 Å². The number of nitrogens with zero attached hydrogens (tertiary/aromatic N) is 2. The molecule has 1 aliphatic rings. The van der Waals surface area contributed by atoms with Crippen LogP contribution < -0.4 is 14.4 Å². The van der Waals surface area contributed by atoms with Crippen molar-refractivity contribution in [1.29, 1.82) is 0 Å². The number of carbonyl (C=O) groups is 3. The van der Waals surface area contributed by atoms with Crippen LogP contribution in [0.3, 0.4) is 0 Å². The van der Waals surface area contributed by atoms with Crippen molar-refractivity contribution in [2.45, 2.75) is 6.54 Å². The number of amides is 2. The normalized spacial score (nSPS) is 12.8. The van der Waals surface area contributed by atoms with Gasteiger partial charge in [-0.2, -0.15) is 0 Å². The number of para-hydroxylation sites is 2. The largest absolute Gasteiger partial charge is 0.482 e. The molecule has 146 valence electrons. The summed E-state index contributed by atoms with van der Waals surface area (Å²) in [4.78, 5) is 38.3. The summed E-state index contributed by atoms with van der Waals surface area (Å²) in [5.74, 6) is -0.504. The van der Waals surface area contributed by atoms with Gasteiger partial charge in [0.15, 0.2) is 13.2 Å². The third kappa shape index (κ3) is 4.59. The van der Waals surface area contributed by atoms with Crippen molar-refractivity contribution in [3.05, 3.63) is 54.1 Å². The molecule has 1 heterocycles. The van der Waals surface area contributed by atoms with Gasteiger partial charge in [-0.15, -0.1) is 0 Å². The van der Waals surface area contributed by atoms with Gasteiger partial charge in [-0.05, 0) is 29.8 Å². The second-order valence-corrected chi connectivity index (χ2v) is 6.31. The van der Waals surface area contributed by atoms with Crippen LogP contribution in [0.2, 0.25) is 0 Å². The summed E-state index contributed by atoms with van der Waals surface area (Å²) in [5, 5.41) is 8.62. The molecular formula is C20H20N2O6. The Balaban J connectivity index is 1.60. The fourth-order valence-electron chi connectivity index (χ4n) is 2.78. The highest BCUT2D eigenvalue weighted by molar-refractivity contribution is 6.02. The Morgan fingerprint density at radius 3 is 2.61 bits per heavy atom. The zero-order chi connectivity index (χ0) is 20.1. The van der Waals surface area contributed by atoms with E-state index in [-0.39, 0.29) is 25.0 Å². The van der Waals surface area contributed by atoms with Crippen molar-refractivity contribution in [1.82, 2.24) is 4.90 Å². The SMILES string of the molecule is CN(Cc1ccc(OCC(=O)O)cc1)C(=O)CN1C(=O)COc2ccccc21. The third-order valence-corrected chi connectivity index (χ3v) is 4.23. The fourth-order valence-corrected chi connectivity index (χ4v) is 2.78. The van der Waals surface area contributed by atoms with Gasteiger partial charge in [-0.3, -0.25) is 14.5 Å². The minimum atomic E-state index is -1.05. The quantitative estimate of drug-likeness (QED) is 0.778. The van der Waals surface area contributed by atoms with E-state index < -0.39 is 12.6 Å². The molecule has 2 aromatic rings. The van der Waals surface area contributed by atoms with Gasteiger partial charge in [0, 0.05) is 13.6 Å². The maximum atomic E-state index is 12.6. The number of likely N-dealkylation sites (N-methyl/N-ethyl adjacent to an activating group) is 1. The van der Waals surface area contributed by atoms with E-state index in [2.05, 4.69) is 0 Å². The second kappa shape index (κ2) is 8.43. The predicted octanol–water partition coefficient (Wildman–Crippen LogP) is 1.53. The van der Waals surface area contributed by atoms with Gasteiger partial charge >= 0.3 is 5.97 Å². The van der Waals surface area contributed by atoms with Gasteiger partial charge in [-0.1, -0.05) is 24.3 Å². The van der Waals surface area contributed by atoms with E-state index in [0.29, 0.717) is 23.7 Å². The van der Waals surface area contributed by atoms with Crippen molar-refractivity contribution in [2.75, 3.05) is 31.7 Å². The molecule has 0 atom stereocenters. The highest BCUT2D eigenvalue weighted by atomic mass is 16.5. The van der Waals surface area contributed by atoms with Crippen LogP contribution in [-0.2, 0) is 20.9 Å². The number of anilines is 1. The molecule has 8 nitrogen and oxygen atoms in total. The lowest BCUT2D eigenvalue weighted by Gasteiger charge is -2.30. The van der Waals surface area contributed by atoms with Crippen LogP contribution in [0.25, 0.3) is 0 Å². The molecule has 0 saturated heterocycles. The summed E-state index contributed by atoms with van der Waals surface area (Å²) < 4.78 is 10.5. The first-order chi connectivity index (χ1) is 13.4. The number of carboxylic acids is 1. The molecule has 0 saturated carbocycles. The second-order valence-electron chi connectivity index (χ2n) is 6.31. The lowest BCUT2D eigenvalue weighted by Crippen LogP contribution is -2.45. The fraction of sp³-hybridized carbons (Fsp3) is 0.250. The van der Waals surface area contributed by atoms with Crippen molar-refractivity contribution < 1.29 is 29.0 Å². The van der Waals surface area contributed by atoms with E-state index in [1.54, 1.807) is 49.5 Å². The molecule has 0 unspecified atom stereocenters. The van der Waals surface area contributed by atoms with Gasteiger partial charge in [0.1, 0.15) is 18.0 Å². The van der Waals surface area contributed by atoms with Gasteiger partial charge in [0.05, 0.1) is 5.69 Å². The van der Waals surface area contributed by atoms with Crippen LogP contribution in [-0.4, -0.2) is 54.6 Å². The number of aliphatic carboxylic acids is 1. The molecule has 2 amide bonds. The minimum Gasteiger partial charge on any atom is -0.482 e. The maximum absolute atomic E-state index is 12.6. The monoisotopic (exact) mass is 384 g/mol. The van der Waals surface area contributed by atoms with E-state index in [1.165, 1.54) is 9.80 Å². The number of ether oxygens (including phenoxy) is 2. The first-order valence-corrected chi connectivity index (χ1v) is 8.63. The summed E-state index contributed by atoms with van der Waals surface area (Å²) in [5.41, 5.74) is 1.44. The van der Waals surface area contributed by atoms with E-state index in [0.717, 1.165) is 5.56 Å². The maximum Gasteiger partial charge on any atom is 0.341 e. The summed E-state index contributed by atoms with van der Waals surface area (Å²) in [6, 6.07) is 13.9. The summed E-state index contributed by atoms with van der Waals surface area (Å²) >= 11 is 0. The number of hydrogen-bond acceptors (Lipinski definition) is 5. The highest BCUT2D eigenvalue weighted by Gasteiger charge is 2.27. The van der Waals surface area contributed by atoms with Crippen LogP contribution in [0, 0.1) is 0 Å². The summed E-state index contributed by atoms with van der Waals surface area (Å²) in [7, 11) is 1.66. The molecule has 1 aliphatic heterocycles.